The fraction of sp³-hybridized carbons (Fsp3) is 0.450. The second-order valence-corrected chi connectivity index (χ2v) is 14.2. The molecule has 0 aliphatic carbocycles. The van der Waals surface area contributed by atoms with Gasteiger partial charge in [-0.05, 0) is 66.3 Å². The molecule has 4 amide bonds. The zero-order valence-corrected chi connectivity index (χ0v) is 33.1. The number of carbonyl (C=O) groups excluding carboxylic acids is 4. The summed E-state index contributed by atoms with van der Waals surface area (Å²) in [6.45, 7) is 5.95. The number of nitrogens with one attached hydrogen (secondary N) is 2. The van der Waals surface area contributed by atoms with E-state index in [9.17, 15) is 19.2 Å². The number of carbonyl (C=O) groups is 4. The highest BCUT2D eigenvalue weighted by Gasteiger charge is 2.31. The van der Waals surface area contributed by atoms with Crippen LogP contribution in [0.15, 0.2) is 71.2 Å². The number of rotatable bonds is 22. The molecule has 3 aromatic rings. The van der Waals surface area contributed by atoms with Crippen LogP contribution < -0.4 is 30.6 Å². The molecule has 0 saturated heterocycles. The van der Waals surface area contributed by atoms with E-state index in [1.54, 1.807) is 44.6 Å². The molecule has 0 aliphatic rings. The van der Waals surface area contributed by atoms with Crippen LogP contribution in [0, 0.1) is 11.8 Å². The van der Waals surface area contributed by atoms with Gasteiger partial charge in [-0.3, -0.25) is 24.0 Å². The maximum atomic E-state index is 14.1. The normalized spacial score (nSPS) is 12.7. The predicted octanol–water partition coefficient (Wildman–Crippen LogP) is 5.88. The molecule has 0 aromatic heterocycles. The monoisotopic (exact) mass is 796 g/mol. The van der Waals surface area contributed by atoms with Crippen LogP contribution in [0.2, 0.25) is 0 Å². The van der Waals surface area contributed by atoms with Crippen molar-refractivity contribution in [1.29, 1.82) is 0 Å². The molecule has 12 nitrogen and oxygen atoms in total. The SMILES string of the molecule is CCCC[C@H](CC(=O)N(Cc1ccc(OC)cc1OC)OCc1ccc(OC)cc1)C(=O)N[C@@H](Cc1cccc(Br)c1)C(=O)N[C@@H](CC(C)C)C(N)=O. The van der Waals surface area contributed by atoms with Crippen molar-refractivity contribution in [3.63, 3.8) is 0 Å². The van der Waals surface area contributed by atoms with E-state index in [0.717, 1.165) is 22.0 Å². The number of hydrogen-bond donors (Lipinski definition) is 3. The van der Waals surface area contributed by atoms with Crippen LogP contribution >= 0.6 is 15.9 Å². The van der Waals surface area contributed by atoms with Gasteiger partial charge >= 0.3 is 0 Å². The average molecular weight is 798 g/mol. The van der Waals surface area contributed by atoms with E-state index in [0.29, 0.717) is 42.1 Å². The number of hydroxylamine groups is 2. The van der Waals surface area contributed by atoms with E-state index in [-0.39, 0.29) is 31.9 Å². The second kappa shape index (κ2) is 21.8. The number of amides is 4. The summed E-state index contributed by atoms with van der Waals surface area (Å²) in [7, 11) is 4.67. The van der Waals surface area contributed by atoms with E-state index in [1.807, 2.05) is 57.2 Å². The number of benzene rings is 3. The predicted molar refractivity (Wildman–Crippen MR) is 206 cm³/mol. The first-order valence-corrected chi connectivity index (χ1v) is 18.6. The smallest absolute Gasteiger partial charge is 0.247 e. The summed E-state index contributed by atoms with van der Waals surface area (Å²) < 4.78 is 17.0. The molecule has 13 heteroatoms. The van der Waals surface area contributed by atoms with Crippen molar-refractivity contribution in [2.24, 2.45) is 17.6 Å². The number of primary amides is 1. The minimum Gasteiger partial charge on any atom is -0.497 e. The highest BCUT2D eigenvalue weighted by molar-refractivity contribution is 9.10. The van der Waals surface area contributed by atoms with Gasteiger partial charge in [-0.2, -0.15) is 0 Å². The molecule has 0 fully saturated rings. The third kappa shape index (κ3) is 14.0. The lowest BCUT2D eigenvalue weighted by Crippen LogP contribution is -2.55. The molecule has 0 aliphatic heterocycles. The van der Waals surface area contributed by atoms with E-state index in [4.69, 9.17) is 24.8 Å². The zero-order chi connectivity index (χ0) is 38.9. The van der Waals surface area contributed by atoms with Crippen LogP contribution in [-0.2, 0) is 43.6 Å². The largest absolute Gasteiger partial charge is 0.497 e. The van der Waals surface area contributed by atoms with Gasteiger partial charge < -0.3 is 30.6 Å². The van der Waals surface area contributed by atoms with Gasteiger partial charge in [0.05, 0.1) is 27.9 Å². The van der Waals surface area contributed by atoms with Crippen LogP contribution in [0.25, 0.3) is 0 Å². The average Bonchev–Trinajstić information content (AvgIpc) is 3.14. The Hall–Kier alpha value is -4.62. The molecule has 3 rings (SSSR count). The molecule has 3 aromatic carbocycles. The molecule has 53 heavy (non-hydrogen) atoms. The Labute approximate surface area is 321 Å². The molecule has 0 unspecified atom stereocenters. The molecule has 0 heterocycles. The van der Waals surface area contributed by atoms with Crippen molar-refractivity contribution in [3.8, 4) is 17.2 Å². The Balaban J connectivity index is 1.90. The lowest BCUT2D eigenvalue weighted by molar-refractivity contribution is -0.197. The number of hydrogen-bond acceptors (Lipinski definition) is 8. The van der Waals surface area contributed by atoms with E-state index in [2.05, 4.69) is 26.6 Å². The second-order valence-electron chi connectivity index (χ2n) is 13.3. The lowest BCUT2D eigenvalue weighted by atomic mass is 9.95. The molecule has 0 radical (unpaired) electrons. The first-order valence-electron chi connectivity index (χ1n) is 17.8. The van der Waals surface area contributed by atoms with Crippen LogP contribution in [0.5, 0.6) is 17.2 Å². The van der Waals surface area contributed by atoms with Gasteiger partial charge in [0.15, 0.2) is 0 Å². The van der Waals surface area contributed by atoms with Gasteiger partial charge in [-0.25, -0.2) is 5.06 Å². The topological polar surface area (TPSA) is 159 Å². The van der Waals surface area contributed by atoms with Crippen LogP contribution in [-0.4, -0.2) is 62.1 Å². The van der Waals surface area contributed by atoms with Crippen molar-refractivity contribution in [3.05, 3.63) is 87.9 Å². The molecule has 0 bridgehead atoms. The van der Waals surface area contributed by atoms with Gasteiger partial charge in [0.1, 0.15) is 35.9 Å². The Bertz CT molecular complexity index is 1650. The highest BCUT2D eigenvalue weighted by atomic mass is 79.9. The summed E-state index contributed by atoms with van der Waals surface area (Å²) in [6, 6.07) is 18.0. The summed E-state index contributed by atoms with van der Waals surface area (Å²) in [6.07, 6.45) is 2.16. The molecule has 0 spiro atoms. The molecular formula is C40H53BrN4O8. The first kappa shape index (κ1) is 42.8. The van der Waals surface area contributed by atoms with Gasteiger partial charge in [-0.1, -0.05) is 73.8 Å². The standard InChI is InChI=1S/C40H53BrN4O8/c1-7-8-11-29(39(48)44-35(21-28-10-9-12-31(41)20-28)40(49)43-34(38(42)47)19-26(2)3)22-37(46)45(53-25-27-13-16-32(50-4)17-14-27)24-30-15-18-33(51-5)23-36(30)52-6/h9-10,12-18,20,23,26,29,34-35H,7-8,11,19,21-22,24-25H2,1-6H3,(H2,42,47)(H,43,49)(H,44,48)/t29-,34+,35+/m1/s1. The van der Waals surface area contributed by atoms with Crippen molar-refractivity contribution >= 4 is 39.6 Å². The van der Waals surface area contributed by atoms with Gasteiger partial charge in [-0.15, -0.1) is 0 Å². The summed E-state index contributed by atoms with van der Waals surface area (Å²) >= 11 is 3.47. The summed E-state index contributed by atoms with van der Waals surface area (Å²) in [4.78, 5) is 60.3. The Morgan fingerprint density at radius 3 is 2.11 bits per heavy atom. The van der Waals surface area contributed by atoms with E-state index < -0.39 is 41.6 Å². The van der Waals surface area contributed by atoms with Gasteiger partial charge in [0.2, 0.25) is 23.6 Å². The number of nitrogens with two attached hydrogens (primary N) is 1. The molecular weight excluding hydrogens is 744 g/mol. The lowest BCUT2D eigenvalue weighted by Gasteiger charge is -2.27. The maximum absolute atomic E-state index is 14.1. The highest BCUT2D eigenvalue weighted by Crippen LogP contribution is 2.27. The fourth-order valence-electron chi connectivity index (χ4n) is 5.69. The molecule has 0 saturated carbocycles. The van der Waals surface area contributed by atoms with Crippen molar-refractivity contribution in [2.75, 3.05) is 21.3 Å². The van der Waals surface area contributed by atoms with Gasteiger partial charge in [0.25, 0.3) is 0 Å². The summed E-state index contributed by atoms with van der Waals surface area (Å²) in [5, 5.41) is 6.91. The number of unbranched alkanes of at least 4 members (excludes halogenated alkanes) is 1. The minimum absolute atomic E-state index is 0.0303. The number of methoxy groups -OCH3 is 3. The van der Waals surface area contributed by atoms with E-state index in [1.165, 1.54) is 12.2 Å². The Morgan fingerprint density at radius 2 is 1.51 bits per heavy atom. The van der Waals surface area contributed by atoms with Crippen molar-refractivity contribution in [1.82, 2.24) is 15.7 Å². The maximum Gasteiger partial charge on any atom is 0.247 e. The Morgan fingerprint density at radius 1 is 0.830 bits per heavy atom. The van der Waals surface area contributed by atoms with Crippen molar-refractivity contribution < 1.29 is 38.2 Å². The third-order valence-electron chi connectivity index (χ3n) is 8.66. The third-order valence-corrected chi connectivity index (χ3v) is 9.15. The molecule has 288 valence electrons. The zero-order valence-electron chi connectivity index (χ0n) is 31.5. The van der Waals surface area contributed by atoms with Crippen LogP contribution in [0.4, 0.5) is 0 Å². The van der Waals surface area contributed by atoms with Crippen LogP contribution in [0.3, 0.4) is 0 Å². The minimum atomic E-state index is -1.05. The number of halogens is 1. The summed E-state index contributed by atoms with van der Waals surface area (Å²) in [5.41, 5.74) is 7.89. The first-order chi connectivity index (χ1) is 25.4. The van der Waals surface area contributed by atoms with E-state index >= 15 is 0 Å². The van der Waals surface area contributed by atoms with Crippen molar-refractivity contribution in [2.45, 2.75) is 84.5 Å². The Kier molecular flexibility index (Phi) is 17.6. The molecule has 4 N–H and O–H groups in total. The fourth-order valence-corrected chi connectivity index (χ4v) is 6.14. The molecule has 3 atom stereocenters. The number of nitrogens with zero attached hydrogens (tertiary/aromatic N) is 1. The number of ether oxygens (including phenoxy) is 3. The summed E-state index contributed by atoms with van der Waals surface area (Å²) in [5.74, 6) is -1.00. The van der Waals surface area contributed by atoms with Crippen LogP contribution in [0.1, 0.15) is 69.6 Å². The quantitative estimate of drug-likeness (QED) is 0.107. The van der Waals surface area contributed by atoms with Gasteiger partial charge in [0, 0.05) is 34.9 Å².